The Labute approximate surface area is 138 Å². The summed E-state index contributed by atoms with van der Waals surface area (Å²) in [5.74, 6) is 1.25. The SMILES string of the molecule is COc1cc(C(=O)N2CCCC[C@H]2[C@H](C)N)ccc1OC(C)C. The number of piperidine rings is 1. The van der Waals surface area contributed by atoms with E-state index in [1.54, 1.807) is 25.3 Å². The number of carbonyl (C=O) groups is 1. The Morgan fingerprint density at radius 3 is 2.61 bits per heavy atom. The first-order valence-electron chi connectivity index (χ1n) is 8.35. The fraction of sp³-hybridized carbons (Fsp3) is 0.611. The van der Waals surface area contributed by atoms with Crippen LogP contribution in [0.5, 0.6) is 11.5 Å². The van der Waals surface area contributed by atoms with Gasteiger partial charge in [0.1, 0.15) is 0 Å². The molecule has 1 aliphatic heterocycles. The van der Waals surface area contributed by atoms with Crippen LogP contribution >= 0.6 is 0 Å². The number of likely N-dealkylation sites (tertiary alicyclic amines) is 1. The van der Waals surface area contributed by atoms with E-state index in [4.69, 9.17) is 15.2 Å². The maximum absolute atomic E-state index is 12.9. The third kappa shape index (κ3) is 4.16. The summed E-state index contributed by atoms with van der Waals surface area (Å²) in [6, 6.07) is 5.44. The molecule has 0 spiro atoms. The highest BCUT2D eigenvalue weighted by Gasteiger charge is 2.30. The Morgan fingerprint density at radius 2 is 2.00 bits per heavy atom. The van der Waals surface area contributed by atoms with Gasteiger partial charge in [0.05, 0.1) is 13.2 Å². The minimum absolute atomic E-state index is 0.0152. The lowest BCUT2D eigenvalue weighted by molar-refractivity contribution is 0.0583. The van der Waals surface area contributed by atoms with E-state index in [9.17, 15) is 4.79 Å². The number of carbonyl (C=O) groups excluding carboxylic acids is 1. The molecule has 0 bridgehead atoms. The molecule has 5 heteroatoms. The largest absolute Gasteiger partial charge is 0.493 e. The van der Waals surface area contributed by atoms with Crippen molar-refractivity contribution < 1.29 is 14.3 Å². The minimum Gasteiger partial charge on any atom is -0.493 e. The first kappa shape index (κ1) is 17.6. The second-order valence-electron chi connectivity index (χ2n) is 6.45. The van der Waals surface area contributed by atoms with Crippen molar-refractivity contribution >= 4 is 5.91 Å². The molecule has 1 amide bonds. The highest BCUT2D eigenvalue weighted by atomic mass is 16.5. The predicted molar refractivity (Wildman–Crippen MR) is 91.1 cm³/mol. The summed E-state index contributed by atoms with van der Waals surface area (Å²) in [5.41, 5.74) is 6.69. The molecule has 1 fully saturated rings. The van der Waals surface area contributed by atoms with E-state index in [0.29, 0.717) is 17.1 Å². The topological polar surface area (TPSA) is 64.8 Å². The smallest absolute Gasteiger partial charge is 0.254 e. The first-order chi connectivity index (χ1) is 10.9. The standard InChI is InChI=1S/C18H28N2O3/c1-12(2)23-16-9-8-14(11-17(16)22-4)18(21)20-10-6-5-7-15(20)13(3)19/h8-9,11-13,15H,5-7,10,19H2,1-4H3/t13-,15-/m0/s1. The second kappa shape index (κ2) is 7.68. The summed E-state index contributed by atoms with van der Waals surface area (Å²) in [6.07, 6.45) is 3.17. The number of hydrogen-bond donors (Lipinski definition) is 1. The minimum atomic E-state index is -0.0234. The molecule has 1 aromatic carbocycles. The molecule has 0 saturated carbocycles. The lowest BCUT2D eigenvalue weighted by Crippen LogP contribution is -2.51. The van der Waals surface area contributed by atoms with Gasteiger partial charge in [-0.2, -0.15) is 0 Å². The zero-order chi connectivity index (χ0) is 17.0. The van der Waals surface area contributed by atoms with Crippen molar-refractivity contribution in [2.45, 2.75) is 58.2 Å². The van der Waals surface area contributed by atoms with Gasteiger partial charge >= 0.3 is 0 Å². The van der Waals surface area contributed by atoms with Gasteiger partial charge in [-0.25, -0.2) is 0 Å². The van der Waals surface area contributed by atoms with Crippen LogP contribution in [0, 0.1) is 0 Å². The van der Waals surface area contributed by atoms with Gasteiger partial charge in [-0.1, -0.05) is 0 Å². The fourth-order valence-corrected chi connectivity index (χ4v) is 3.07. The molecule has 1 saturated heterocycles. The van der Waals surface area contributed by atoms with Gasteiger partial charge in [-0.3, -0.25) is 4.79 Å². The van der Waals surface area contributed by atoms with Crippen LogP contribution in [0.25, 0.3) is 0 Å². The van der Waals surface area contributed by atoms with E-state index in [-0.39, 0.29) is 24.1 Å². The number of ether oxygens (including phenoxy) is 2. The molecule has 2 rings (SSSR count). The second-order valence-corrected chi connectivity index (χ2v) is 6.45. The summed E-state index contributed by atoms with van der Waals surface area (Å²) in [7, 11) is 1.59. The highest BCUT2D eigenvalue weighted by Crippen LogP contribution is 2.30. The van der Waals surface area contributed by atoms with E-state index in [1.807, 2.05) is 25.7 Å². The van der Waals surface area contributed by atoms with Crippen LogP contribution in [0.2, 0.25) is 0 Å². The van der Waals surface area contributed by atoms with Crippen LogP contribution in [-0.2, 0) is 0 Å². The molecule has 128 valence electrons. The molecular formula is C18H28N2O3. The van der Waals surface area contributed by atoms with Crippen molar-refractivity contribution in [1.29, 1.82) is 0 Å². The zero-order valence-electron chi connectivity index (χ0n) is 14.5. The summed E-state index contributed by atoms with van der Waals surface area (Å²) in [5, 5.41) is 0. The van der Waals surface area contributed by atoms with E-state index < -0.39 is 0 Å². The van der Waals surface area contributed by atoms with Crippen LogP contribution < -0.4 is 15.2 Å². The van der Waals surface area contributed by atoms with Crippen LogP contribution in [0.3, 0.4) is 0 Å². The average molecular weight is 320 g/mol. The van der Waals surface area contributed by atoms with Gasteiger partial charge in [0.2, 0.25) is 0 Å². The number of hydrogen-bond acceptors (Lipinski definition) is 4. The summed E-state index contributed by atoms with van der Waals surface area (Å²) < 4.78 is 11.1. The summed E-state index contributed by atoms with van der Waals surface area (Å²) >= 11 is 0. The molecule has 0 radical (unpaired) electrons. The Balaban J connectivity index is 2.24. The lowest BCUT2D eigenvalue weighted by Gasteiger charge is -2.38. The van der Waals surface area contributed by atoms with Crippen LogP contribution in [0.15, 0.2) is 18.2 Å². The van der Waals surface area contributed by atoms with E-state index in [2.05, 4.69) is 0 Å². The number of amides is 1. The Morgan fingerprint density at radius 1 is 1.26 bits per heavy atom. The van der Waals surface area contributed by atoms with Gasteiger partial charge in [0.15, 0.2) is 11.5 Å². The average Bonchev–Trinajstić information content (AvgIpc) is 2.54. The van der Waals surface area contributed by atoms with Crippen molar-refractivity contribution in [2.24, 2.45) is 5.73 Å². The molecule has 0 aliphatic carbocycles. The fourth-order valence-electron chi connectivity index (χ4n) is 3.07. The molecule has 0 aromatic heterocycles. The monoisotopic (exact) mass is 320 g/mol. The quantitative estimate of drug-likeness (QED) is 0.906. The van der Waals surface area contributed by atoms with Gasteiger partial charge in [-0.05, 0) is 58.2 Å². The molecule has 1 aromatic rings. The van der Waals surface area contributed by atoms with E-state index in [1.165, 1.54) is 0 Å². The molecule has 2 N–H and O–H groups in total. The number of methoxy groups -OCH3 is 1. The Bertz CT molecular complexity index is 543. The van der Waals surface area contributed by atoms with Gasteiger partial charge in [0, 0.05) is 24.2 Å². The summed E-state index contributed by atoms with van der Waals surface area (Å²) in [6.45, 7) is 6.65. The van der Waals surface area contributed by atoms with Crippen LogP contribution in [0.4, 0.5) is 0 Å². The van der Waals surface area contributed by atoms with Crippen molar-refractivity contribution in [3.63, 3.8) is 0 Å². The van der Waals surface area contributed by atoms with Crippen molar-refractivity contribution in [3.05, 3.63) is 23.8 Å². The van der Waals surface area contributed by atoms with Crippen molar-refractivity contribution in [1.82, 2.24) is 4.90 Å². The summed E-state index contributed by atoms with van der Waals surface area (Å²) in [4.78, 5) is 14.8. The molecule has 1 heterocycles. The van der Waals surface area contributed by atoms with Crippen molar-refractivity contribution in [3.8, 4) is 11.5 Å². The lowest BCUT2D eigenvalue weighted by atomic mass is 9.96. The van der Waals surface area contributed by atoms with E-state index >= 15 is 0 Å². The third-order valence-corrected chi connectivity index (χ3v) is 4.19. The predicted octanol–water partition coefficient (Wildman–Crippen LogP) is 2.82. The Kier molecular flexibility index (Phi) is 5.88. The van der Waals surface area contributed by atoms with E-state index in [0.717, 1.165) is 25.8 Å². The number of benzene rings is 1. The molecule has 2 atom stereocenters. The molecular weight excluding hydrogens is 292 g/mol. The number of rotatable bonds is 5. The zero-order valence-corrected chi connectivity index (χ0v) is 14.5. The maximum Gasteiger partial charge on any atom is 0.254 e. The maximum atomic E-state index is 12.9. The van der Waals surface area contributed by atoms with Gasteiger partial charge in [0.25, 0.3) is 5.91 Å². The first-order valence-corrected chi connectivity index (χ1v) is 8.35. The molecule has 5 nitrogen and oxygen atoms in total. The normalized spacial score (nSPS) is 19.6. The van der Waals surface area contributed by atoms with Gasteiger partial charge in [-0.15, -0.1) is 0 Å². The van der Waals surface area contributed by atoms with Gasteiger partial charge < -0.3 is 20.1 Å². The van der Waals surface area contributed by atoms with Crippen LogP contribution in [-0.4, -0.2) is 42.6 Å². The Hall–Kier alpha value is -1.75. The molecule has 1 aliphatic rings. The third-order valence-electron chi connectivity index (χ3n) is 4.19. The van der Waals surface area contributed by atoms with Crippen molar-refractivity contribution in [2.75, 3.05) is 13.7 Å². The highest BCUT2D eigenvalue weighted by molar-refractivity contribution is 5.95. The number of nitrogens with zero attached hydrogens (tertiary/aromatic N) is 1. The molecule has 0 unspecified atom stereocenters. The number of nitrogens with two attached hydrogens (primary N) is 1. The molecule has 23 heavy (non-hydrogen) atoms. The van der Waals surface area contributed by atoms with Crippen LogP contribution in [0.1, 0.15) is 50.4 Å².